The molecule has 0 spiro atoms. The lowest BCUT2D eigenvalue weighted by Gasteiger charge is -2.27. The Kier molecular flexibility index (Phi) is 8.32. The van der Waals surface area contributed by atoms with Crippen molar-refractivity contribution in [2.75, 3.05) is 43.6 Å². The van der Waals surface area contributed by atoms with Crippen molar-refractivity contribution in [1.82, 2.24) is 9.97 Å². The number of thiazole rings is 1. The average molecular weight is 483 g/mol. The van der Waals surface area contributed by atoms with Crippen LogP contribution in [0.3, 0.4) is 0 Å². The number of hydrogen-bond acceptors (Lipinski definition) is 8. The maximum atomic E-state index is 12.6. The Morgan fingerprint density at radius 2 is 2.00 bits per heavy atom. The van der Waals surface area contributed by atoms with E-state index in [9.17, 15) is 4.79 Å². The maximum Gasteiger partial charge on any atom is 0.414 e. The molecule has 8 nitrogen and oxygen atoms in total. The molecule has 1 amide bonds. The van der Waals surface area contributed by atoms with Gasteiger partial charge in [-0.05, 0) is 42.7 Å². The predicted molar refractivity (Wildman–Crippen MR) is 134 cm³/mol. The van der Waals surface area contributed by atoms with Gasteiger partial charge in [-0.2, -0.15) is 0 Å². The zero-order valence-corrected chi connectivity index (χ0v) is 20.3. The molecule has 34 heavy (non-hydrogen) atoms. The van der Waals surface area contributed by atoms with Crippen LogP contribution in [-0.4, -0.2) is 49.5 Å². The van der Waals surface area contributed by atoms with E-state index in [2.05, 4.69) is 27.1 Å². The third kappa shape index (κ3) is 6.24. The number of hydrogen-bond donors (Lipinski definition) is 1. The summed E-state index contributed by atoms with van der Waals surface area (Å²) in [5.41, 5.74) is 2.60. The normalized spacial score (nSPS) is 14.5. The van der Waals surface area contributed by atoms with Crippen LogP contribution in [0.2, 0.25) is 0 Å². The molecule has 1 aromatic carbocycles. The summed E-state index contributed by atoms with van der Waals surface area (Å²) in [7, 11) is 1.63. The smallest absolute Gasteiger partial charge is 0.414 e. The highest BCUT2D eigenvalue weighted by Crippen LogP contribution is 2.28. The van der Waals surface area contributed by atoms with Crippen molar-refractivity contribution in [2.45, 2.75) is 32.3 Å². The quantitative estimate of drug-likeness (QED) is 0.429. The second-order valence-corrected chi connectivity index (χ2v) is 8.83. The fourth-order valence-electron chi connectivity index (χ4n) is 3.73. The van der Waals surface area contributed by atoms with Crippen LogP contribution in [-0.2, 0) is 9.47 Å². The van der Waals surface area contributed by atoms with Crippen molar-refractivity contribution in [2.24, 2.45) is 0 Å². The van der Waals surface area contributed by atoms with Gasteiger partial charge in [0.2, 0.25) is 0 Å². The molecule has 1 N–H and O–H groups in total. The number of methoxy groups -OCH3 is 1. The summed E-state index contributed by atoms with van der Waals surface area (Å²) in [5.74, 6) is 1.70. The van der Waals surface area contributed by atoms with Crippen LogP contribution in [0.5, 0.6) is 5.75 Å². The van der Waals surface area contributed by atoms with Gasteiger partial charge in [0, 0.05) is 30.2 Å². The van der Waals surface area contributed by atoms with Crippen molar-refractivity contribution < 1.29 is 19.0 Å². The number of ether oxygens (including phenoxy) is 3. The molecule has 1 saturated heterocycles. The lowest BCUT2D eigenvalue weighted by molar-refractivity contribution is 0.104. The summed E-state index contributed by atoms with van der Waals surface area (Å²) in [6, 6.07) is 11.6. The number of nitrogens with zero attached hydrogens (tertiary/aromatic N) is 3. The molecule has 3 heterocycles. The number of carbonyl (C=O) groups is 1. The van der Waals surface area contributed by atoms with E-state index in [0.29, 0.717) is 5.13 Å². The number of benzene rings is 1. The highest BCUT2D eigenvalue weighted by molar-refractivity contribution is 7.14. The summed E-state index contributed by atoms with van der Waals surface area (Å²) in [4.78, 5) is 24.0. The molecule has 0 saturated carbocycles. The first kappa shape index (κ1) is 24.0. The Balaban J connectivity index is 1.37. The highest BCUT2D eigenvalue weighted by atomic mass is 32.1. The average Bonchev–Trinajstić information content (AvgIpc) is 3.35. The van der Waals surface area contributed by atoms with Gasteiger partial charge in [-0.15, -0.1) is 11.3 Å². The zero-order valence-electron chi connectivity index (χ0n) is 19.5. The lowest BCUT2D eigenvalue weighted by Crippen LogP contribution is -2.36. The fourth-order valence-corrected chi connectivity index (χ4v) is 4.43. The van der Waals surface area contributed by atoms with Crippen molar-refractivity contribution in [3.05, 3.63) is 53.5 Å². The molecule has 1 aliphatic rings. The van der Waals surface area contributed by atoms with Gasteiger partial charge in [0.15, 0.2) is 5.13 Å². The summed E-state index contributed by atoms with van der Waals surface area (Å²) < 4.78 is 16.4. The number of unbranched alkanes of at least 4 members (excludes halogenated alkanes) is 1. The molecule has 3 aromatic rings. The zero-order chi connectivity index (χ0) is 23.8. The number of amides is 1. The van der Waals surface area contributed by atoms with Crippen LogP contribution in [0.15, 0.2) is 48.0 Å². The van der Waals surface area contributed by atoms with Crippen molar-refractivity contribution in [3.63, 3.8) is 0 Å². The van der Waals surface area contributed by atoms with E-state index in [1.807, 2.05) is 48.0 Å². The third-order valence-electron chi connectivity index (χ3n) is 5.65. The van der Waals surface area contributed by atoms with Gasteiger partial charge >= 0.3 is 6.09 Å². The van der Waals surface area contributed by atoms with Crippen LogP contribution in [0, 0.1) is 0 Å². The second kappa shape index (κ2) is 11.8. The summed E-state index contributed by atoms with van der Waals surface area (Å²) in [6.45, 7) is 5.24. The number of pyridine rings is 1. The summed E-state index contributed by atoms with van der Waals surface area (Å²) >= 11 is 1.36. The summed E-state index contributed by atoms with van der Waals surface area (Å²) in [5, 5.41) is 5.16. The number of aromatic nitrogens is 2. The minimum atomic E-state index is -0.515. The number of nitrogens with one attached hydrogen (secondary N) is 1. The van der Waals surface area contributed by atoms with E-state index in [-0.39, 0.29) is 6.10 Å². The number of carbonyl (C=O) groups excluding carboxylic acids is 1. The van der Waals surface area contributed by atoms with Crippen molar-refractivity contribution >= 4 is 28.4 Å². The van der Waals surface area contributed by atoms with Gasteiger partial charge in [0.25, 0.3) is 0 Å². The molecule has 9 heteroatoms. The van der Waals surface area contributed by atoms with Gasteiger partial charge in [-0.3, -0.25) is 5.32 Å². The lowest BCUT2D eigenvalue weighted by atomic mass is 10.0. The minimum Gasteiger partial charge on any atom is -0.497 e. The Bertz CT molecular complexity index is 1050. The van der Waals surface area contributed by atoms with Crippen molar-refractivity contribution in [3.8, 4) is 17.0 Å². The first-order valence-corrected chi connectivity index (χ1v) is 12.4. The molecule has 4 rings (SSSR count). The number of morpholine rings is 1. The van der Waals surface area contributed by atoms with Crippen LogP contribution in [0.25, 0.3) is 11.3 Å². The van der Waals surface area contributed by atoms with E-state index >= 15 is 0 Å². The van der Waals surface area contributed by atoms with E-state index in [1.165, 1.54) is 11.3 Å². The van der Waals surface area contributed by atoms with Crippen molar-refractivity contribution in [1.29, 1.82) is 0 Å². The van der Waals surface area contributed by atoms with Crippen LogP contribution in [0.1, 0.15) is 37.9 Å². The third-order valence-corrected chi connectivity index (χ3v) is 6.41. The molecule has 0 aliphatic carbocycles. The molecule has 0 bridgehead atoms. The monoisotopic (exact) mass is 482 g/mol. The predicted octanol–water partition coefficient (Wildman–Crippen LogP) is 5.53. The number of anilines is 2. The molecule has 1 atom stereocenters. The Morgan fingerprint density at radius 1 is 1.21 bits per heavy atom. The van der Waals surface area contributed by atoms with Crippen LogP contribution < -0.4 is 15.0 Å². The van der Waals surface area contributed by atoms with Gasteiger partial charge in [-0.1, -0.05) is 25.5 Å². The second-order valence-electron chi connectivity index (χ2n) is 7.98. The molecule has 0 radical (unpaired) electrons. The van der Waals surface area contributed by atoms with Crippen LogP contribution >= 0.6 is 11.3 Å². The topological polar surface area (TPSA) is 85.8 Å². The first-order valence-electron chi connectivity index (χ1n) is 11.5. The molecule has 1 unspecified atom stereocenters. The standard InChI is InChI=1S/C25H30N4O4S/c1-3-4-5-22(18-6-9-20(31-2)10-7-18)33-25(30)28-24-27-21(17-34-24)19-8-11-23(26-16-19)29-12-14-32-15-13-29/h6-11,16-17,22H,3-5,12-15H2,1-2H3,(H,27,28,30). The largest absolute Gasteiger partial charge is 0.497 e. The molecule has 2 aromatic heterocycles. The van der Waals surface area contributed by atoms with Gasteiger partial charge in [0.05, 0.1) is 26.0 Å². The van der Waals surface area contributed by atoms with E-state index < -0.39 is 6.09 Å². The van der Waals surface area contributed by atoms with Gasteiger partial charge < -0.3 is 19.1 Å². The Morgan fingerprint density at radius 3 is 2.68 bits per heavy atom. The fraction of sp³-hybridized carbons (Fsp3) is 0.400. The molecule has 1 fully saturated rings. The molecular weight excluding hydrogens is 452 g/mol. The molecule has 1 aliphatic heterocycles. The van der Waals surface area contributed by atoms with E-state index in [4.69, 9.17) is 14.2 Å². The molecule has 180 valence electrons. The molecular formula is C25H30N4O4S. The van der Waals surface area contributed by atoms with Gasteiger partial charge in [0.1, 0.15) is 17.7 Å². The van der Waals surface area contributed by atoms with E-state index in [1.54, 1.807) is 7.11 Å². The highest BCUT2D eigenvalue weighted by Gasteiger charge is 2.18. The number of rotatable bonds is 9. The van der Waals surface area contributed by atoms with E-state index in [0.717, 1.165) is 74.0 Å². The Labute approximate surface area is 203 Å². The Hall–Kier alpha value is -3.17. The first-order chi connectivity index (χ1) is 16.7. The summed E-state index contributed by atoms with van der Waals surface area (Å²) in [6.07, 6.45) is 3.69. The van der Waals surface area contributed by atoms with Crippen LogP contribution in [0.4, 0.5) is 15.7 Å². The van der Waals surface area contributed by atoms with Gasteiger partial charge in [-0.25, -0.2) is 14.8 Å². The minimum absolute atomic E-state index is 0.331. The SMILES string of the molecule is CCCCC(OC(=O)Nc1nc(-c2ccc(N3CCOCC3)nc2)cs1)c1ccc(OC)cc1. The maximum absolute atomic E-state index is 12.6.